The van der Waals surface area contributed by atoms with Gasteiger partial charge in [0.25, 0.3) is 0 Å². The second kappa shape index (κ2) is 5.99. The second-order valence-electron chi connectivity index (χ2n) is 4.79. The van der Waals surface area contributed by atoms with Gasteiger partial charge < -0.3 is 10.6 Å². The fraction of sp³-hybridized carbons (Fsp3) is 0.357. The zero-order valence-corrected chi connectivity index (χ0v) is 11.8. The molecule has 1 aliphatic rings. The Bertz CT molecular complexity index is 607. The summed E-state index contributed by atoms with van der Waals surface area (Å²) in [7, 11) is 0. The molecule has 0 saturated carbocycles. The highest BCUT2D eigenvalue weighted by molar-refractivity contribution is 7.13. The van der Waals surface area contributed by atoms with Crippen molar-refractivity contribution in [3.63, 3.8) is 0 Å². The van der Waals surface area contributed by atoms with Crippen LogP contribution in [-0.2, 0) is 0 Å². The number of hydrogen-bond donors (Lipinski definition) is 2. The van der Waals surface area contributed by atoms with Gasteiger partial charge in [-0.3, -0.25) is 0 Å². The summed E-state index contributed by atoms with van der Waals surface area (Å²) in [5.74, 6) is 0.523. The van der Waals surface area contributed by atoms with Crippen molar-refractivity contribution < 1.29 is 0 Å². The van der Waals surface area contributed by atoms with Crippen molar-refractivity contribution in [3.05, 3.63) is 35.1 Å². The van der Waals surface area contributed by atoms with E-state index in [1.54, 1.807) is 23.6 Å². The van der Waals surface area contributed by atoms with Crippen molar-refractivity contribution in [2.24, 2.45) is 0 Å². The van der Waals surface area contributed by atoms with Crippen LogP contribution in [-0.4, -0.2) is 23.1 Å². The molecule has 2 N–H and O–H groups in total. The minimum absolute atomic E-state index is 0.420. The normalized spacial score (nSPS) is 18.4. The quantitative estimate of drug-likeness (QED) is 0.907. The van der Waals surface area contributed by atoms with Gasteiger partial charge in [-0.15, -0.1) is 11.3 Å². The maximum absolute atomic E-state index is 8.72. The molecule has 5 nitrogen and oxygen atoms in total. The lowest BCUT2D eigenvalue weighted by Gasteiger charge is -2.20. The molecule has 0 aliphatic carbocycles. The fourth-order valence-electron chi connectivity index (χ4n) is 2.29. The van der Waals surface area contributed by atoms with Crippen LogP contribution in [0.4, 0.5) is 10.8 Å². The Balaban J connectivity index is 1.68. The molecule has 0 bridgehead atoms. The Hall–Kier alpha value is -1.97. The van der Waals surface area contributed by atoms with Crippen molar-refractivity contribution in [1.82, 2.24) is 15.3 Å². The fourth-order valence-corrected chi connectivity index (χ4v) is 3.11. The smallest absolute Gasteiger partial charge is 0.187 e. The molecule has 0 aromatic carbocycles. The first kappa shape index (κ1) is 13.0. The lowest BCUT2D eigenvalue weighted by atomic mass is 9.97. The second-order valence-corrected chi connectivity index (χ2v) is 5.65. The summed E-state index contributed by atoms with van der Waals surface area (Å²) < 4.78 is 0. The van der Waals surface area contributed by atoms with Crippen LogP contribution in [0.25, 0.3) is 0 Å². The van der Waals surface area contributed by atoms with E-state index in [9.17, 15) is 0 Å². The van der Waals surface area contributed by atoms with E-state index in [0.29, 0.717) is 11.6 Å². The number of nitriles is 1. The largest absolute Gasteiger partial charge is 0.330 e. The van der Waals surface area contributed by atoms with Gasteiger partial charge in [-0.1, -0.05) is 0 Å². The molecule has 102 valence electrons. The standard InChI is InChI=1S/C14H15N5S/c15-6-11-3-4-12(8-17-11)18-14-19-13(9-20-14)10-2-1-5-16-7-10/h3-4,8-10,16H,1-2,5,7H2,(H,18,19). The van der Waals surface area contributed by atoms with Crippen LogP contribution in [0.5, 0.6) is 0 Å². The monoisotopic (exact) mass is 285 g/mol. The van der Waals surface area contributed by atoms with Gasteiger partial charge in [0.1, 0.15) is 11.8 Å². The van der Waals surface area contributed by atoms with Crippen LogP contribution in [0.3, 0.4) is 0 Å². The zero-order valence-electron chi connectivity index (χ0n) is 11.0. The van der Waals surface area contributed by atoms with E-state index in [0.717, 1.165) is 29.6 Å². The van der Waals surface area contributed by atoms with Gasteiger partial charge >= 0.3 is 0 Å². The number of aromatic nitrogens is 2. The number of rotatable bonds is 3. The summed E-state index contributed by atoms with van der Waals surface area (Å²) in [4.78, 5) is 8.68. The van der Waals surface area contributed by atoms with E-state index in [1.807, 2.05) is 12.1 Å². The molecular formula is C14H15N5S. The Morgan fingerprint density at radius 3 is 3.10 bits per heavy atom. The number of anilines is 2. The molecule has 2 aromatic rings. The molecule has 1 unspecified atom stereocenters. The molecule has 2 aromatic heterocycles. The predicted octanol–water partition coefficient (Wildman–Crippen LogP) is 2.62. The molecule has 6 heteroatoms. The van der Waals surface area contributed by atoms with E-state index >= 15 is 0 Å². The van der Waals surface area contributed by atoms with Crippen LogP contribution >= 0.6 is 11.3 Å². The first-order chi connectivity index (χ1) is 9.85. The maximum atomic E-state index is 8.72. The average molecular weight is 285 g/mol. The van der Waals surface area contributed by atoms with E-state index in [1.165, 1.54) is 12.8 Å². The van der Waals surface area contributed by atoms with Crippen molar-refractivity contribution in [2.45, 2.75) is 18.8 Å². The molecule has 1 fully saturated rings. The minimum atomic E-state index is 0.420. The lowest BCUT2D eigenvalue weighted by molar-refractivity contribution is 0.456. The van der Waals surface area contributed by atoms with Gasteiger partial charge in [0.05, 0.1) is 17.6 Å². The Labute approximate surface area is 121 Å². The summed E-state index contributed by atoms with van der Waals surface area (Å²) in [6.45, 7) is 2.13. The van der Waals surface area contributed by atoms with Gasteiger partial charge in [0.15, 0.2) is 5.13 Å². The van der Waals surface area contributed by atoms with Crippen LogP contribution in [0.15, 0.2) is 23.7 Å². The minimum Gasteiger partial charge on any atom is -0.330 e. The van der Waals surface area contributed by atoms with Crippen LogP contribution in [0, 0.1) is 11.3 Å². The van der Waals surface area contributed by atoms with Crippen molar-refractivity contribution in [2.75, 3.05) is 18.4 Å². The third-order valence-corrected chi connectivity index (χ3v) is 4.14. The Morgan fingerprint density at radius 1 is 1.45 bits per heavy atom. The van der Waals surface area contributed by atoms with Crippen LogP contribution in [0.2, 0.25) is 0 Å². The Morgan fingerprint density at radius 2 is 2.40 bits per heavy atom. The molecular weight excluding hydrogens is 270 g/mol. The number of hydrogen-bond acceptors (Lipinski definition) is 6. The average Bonchev–Trinajstić information content (AvgIpc) is 2.97. The maximum Gasteiger partial charge on any atom is 0.187 e. The highest BCUT2D eigenvalue weighted by Gasteiger charge is 2.17. The molecule has 0 radical (unpaired) electrons. The van der Waals surface area contributed by atoms with Crippen LogP contribution in [0.1, 0.15) is 30.1 Å². The first-order valence-corrected chi connectivity index (χ1v) is 7.52. The molecule has 1 atom stereocenters. The van der Waals surface area contributed by atoms with Crippen molar-refractivity contribution in [1.29, 1.82) is 5.26 Å². The topological polar surface area (TPSA) is 73.6 Å². The van der Waals surface area contributed by atoms with Crippen molar-refractivity contribution >= 4 is 22.2 Å². The number of pyridine rings is 1. The number of nitrogens with one attached hydrogen (secondary N) is 2. The number of thiazole rings is 1. The first-order valence-electron chi connectivity index (χ1n) is 6.64. The van der Waals surface area contributed by atoms with E-state index in [2.05, 4.69) is 26.0 Å². The molecule has 0 spiro atoms. The molecule has 1 saturated heterocycles. The lowest BCUT2D eigenvalue weighted by Crippen LogP contribution is -2.28. The summed E-state index contributed by atoms with van der Waals surface area (Å²) in [5, 5.41) is 18.3. The molecule has 20 heavy (non-hydrogen) atoms. The number of nitrogens with zero attached hydrogens (tertiary/aromatic N) is 3. The van der Waals surface area contributed by atoms with Gasteiger partial charge in [0, 0.05) is 17.8 Å². The van der Waals surface area contributed by atoms with Gasteiger partial charge in [-0.25, -0.2) is 9.97 Å². The summed E-state index contributed by atoms with van der Waals surface area (Å²) in [5.41, 5.74) is 2.43. The Kier molecular flexibility index (Phi) is 3.90. The van der Waals surface area contributed by atoms with Crippen molar-refractivity contribution in [3.8, 4) is 6.07 Å². The van der Waals surface area contributed by atoms with Crippen LogP contribution < -0.4 is 10.6 Å². The molecule has 3 heterocycles. The summed E-state index contributed by atoms with van der Waals surface area (Å²) >= 11 is 1.61. The molecule has 0 amide bonds. The predicted molar refractivity (Wildman–Crippen MR) is 79.2 cm³/mol. The highest BCUT2D eigenvalue weighted by Crippen LogP contribution is 2.28. The molecule has 1 aliphatic heterocycles. The SMILES string of the molecule is N#Cc1ccc(Nc2nc(C3CCCNC3)cs2)cn1. The number of piperidine rings is 1. The third-order valence-electron chi connectivity index (χ3n) is 3.37. The van der Waals surface area contributed by atoms with E-state index < -0.39 is 0 Å². The molecule has 3 rings (SSSR count). The van der Waals surface area contributed by atoms with Gasteiger partial charge in [-0.2, -0.15) is 5.26 Å². The highest BCUT2D eigenvalue weighted by atomic mass is 32.1. The van der Waals surface area contributed by atoms with E-state index in [-0.39, 0.29) is 0 Å². The zero-order chi connectivity index (χ0) is 13.8. The summed E-state index contributed by atoms with van der Waals surface area (Å²) in [6, 6.07) is 5.54. The van der Waals surface area contributed by atoms with Gasteiger partial charge in [-0.05, 0) is 31.5 Å². The van der Waals surface area contributed by atoms with Gasteiger partial charge in [0.2, 0.25) is 0 Å². The third kappa shape index (κ3) is 2.95. The summed E-state index contributed by atoms with van der Waals surface area (Å²) in [6.07, 6.45) is 4.07. The van der Waals surface area contributed by atoms with E-state index in [4.69, 9.17) is 5.26 Å².